The number of rotatable bonds is 5. The summed E-state index contributed by atoms with van der Waals surface area (Å²) >= 11 is 5.02. The molecular weight excluding hydrogens is 262 g/mol. The molecule has 0 aromatic heterocycles. The summed E-state index contributed by atoms with van der Waals surface area (Å²) in [7, 11) is 3.59. The molecule has 0 aliphatic carbocycles. The standard InChI is InChI=1S/C14H19NO3S/c1-10(16)12(9-18-14(19)15(2)3)8-11-4-6-13(17)7-5-11/h4-7,12,17H,8-9H2,1-3H3. The lowest BCUT2D eigenvalue weighted by molar-refractivity contribution is -0.121. The Morgan fingerprint density at radius 2 is 1.95 bits per heavy atom. The maximum absolute atomic E-state index is 11.6. The molecule has 0 spiro atoms. The zero-order chi connectivity index (χ0) is 14.4. The van der Waals surface area contributed by atoms with Gasteiger partial charge in [0.15, 0.2) is 0 Å². The first-order valence-electron chi connectivity index (χ1n) is 6.02. The second-order valence-corrected chi connectivity index (χ2v) is 5.00. The highest BCUT2D eigenvalue weighted by molar-refractivity contribution is 7.80. The van der Waals surface area contributed by atoms with E-state index in [4.69, 9.17) is 17.0 Å². The molecule has 4 nitrogen and oxygen atoms in total. The van der Waals surface area contributed by atoms with Gasteiger partial charge in [0.1, 0.15) is 18.1 Å². The number of carbonyl (C=O) groups excluding carboxylic acids is 1. The molecule has 0 bridgehead atoms. The average molecular weight is 281 g/mol. The van der Waals surface area contributed by atoms with Gasteiger partial charge < -0.3 is 14.7 Å². The van der Waals surface area contributed by atoms with Crippen molar-refractivity contribution in [2.75, 3.05) is 20.7 Å². The number of hydrogen-bond donors (Lipinski definition) is 1. The van der Waals surface area contributed by atoms with E-state index in [0.29, 0.717) is 11.6 Å². The van der Waals surface area contributed by atoms with Crippen LogP contribution in [0, 0.1) is 5.92 Å². The minimum Gasteiger partial charge on any atom is -0.508 e. The summed E-state index contributed by atoms with van der Waals surface area (Å²) in [6, 6.07) is 6.82. The SMILES string of the molecule is CC(=O)C(COC(=S)N(C)C)Cc1ccc(O)cc1. The van der Waals surface area contributed by atoms with Crippen LogP contribution in [-0.2, 0) is 16.0 Å². The molecule has 0 saturated heterocycles. The van der Waals surface area contributed by atoms with Gasteiger partial charge in [0, 0.05) is 14.1 Å². The van der Waals surface area contributed by atoms with Crippen LogP contribution >= 0.6 is 12.2 Å². The summed E-state index contributed by atoms with van der Waals surface area (Å²) in [4.78, 5) is 13.3. The molecule has 0 aliphatic rings. The Bertz CT molecular complexity index is 443. The van der Waals surface area contributed by atoms with E-state index >= 15 is 0 Å². The van der Waals surface area contributed by atoms with Gasteiger partial charge >= 0.3 is 0 Å². The van der Waals surface area contributed by atoms with E-state index in [1.165, 1.54) is 0 Å². The predicted molar refractivity (Wildman–Crippen MR) is 78.2 cm³/mol. The number of thiocarbonyl (C=S) groups is 1. The number of phenolic OH excluding ortho intramolecular Hbond substituents is 1. The van der Waals surface area contributed by atoms with E-state index in [-0.39, 0.29) is 24.1 Å². The molecule has 0 radical (unpaired) electrons. The van der Waals surface area contributed by atoms with Gasteiger partial charge in [-0.1, -0.05) is 12.1 Å². The van der Waals surface area contributed by atoms with Crippen molar-refractivity contribution in [1.29, 1.82) is 0 Å². The van der Waals surface area contributed by atoms with Gasteiger partial charge in [0.25, 0.3) is 5.17 Å². The summed E-state index contributed by atoms with van der Waals surface area (Å²) < 4.78 is 5.41. The molecule has 1 rings (SSSR count). The number of benzene rings is 1. The Labute approximate surface area is 119 Å². The fourth-order valence-corrected chi connectivity index (χ4v) is 1.61. The van der Waals surface area contributed by atoms with Crippen LogP contribution in [0.2, 0.25) is 0 Å². The van der Waals surface area contributed by atoms with Crippen molar-refractivity contribution in [3.8, 4) is 5.75 Å². The lowest BCUT2D eigenvalue weighted by Gasteiger charge is -2.18. The van der Waals surface area contributed by atoms with E-state index < -0.39 is 0 Å². The maximum atomic E-state index is 11.6. The van der Waals surface area contributed by atoms with Crippen molar-refractivity contribution in [2.45, 2.75) is 13.3 Å². The quantitative estimate of drug-likeness (QED) is 0.837. The van der Waals surface area contributed by atoms with Crippen LogP contribution in [0.5, 0.6) is 5.75 Å². The molecule has 0 fully saturated rings. The number of hydrogen-bond acceptors (Lipinski definition) is 4. The highest BCUT2D eigenvalue weighted by Crippen LogP contribution is 2.15. The largest absolute Gasteiger partial charge is 0.508 e. The van der Waals surface area contributed by atoms with Crippen molar-refractivity contribution in [1.82, 2.24) is 4.90 Å². The molecular formula is C14H19NO3S. The van der Waals surface area contributed by atoms with Gasteiger partial charge in [-0.05, 0) is 43.3 Å². The predicted octanol–water partition coefficient (Wildman–Crippen LogP) is 2.00. The summed E-state index contributed by atoms with van der Waals surface area (Å²) in [5, 5.41) is 9.60. The van der Waals surface area contributed by atoms with Gasteiger partial charge in [-0.25, -0.2) is 0 Å². The van der Waals surface area contributed by atoms with Crippen molar-refractivity contribution in [2.24, 2.45) is 5.92 Å². The fraction of sp³-hybridized carbons (Fsp3) is 0.429. The molecule has 0 aliphatic heterocycles. The first-order chi connectivity index (χ1) is 8.90. The number of aromatic hydroxyl groups is 1. The molecule has 104 valence electrons. The monoisotopic (exact) mass is 281 g/mol. The van der Waals surface area contributed by atoms with Crippen molar-refractivity contribution in [3.63, 3.8) is 0 Å². The average Bonchev–Trinajstić information content (AvgIpc) is 2.35. The topological polar surface area (TPSA) is 49.8 Å². The molecule has 1 N–H and O–H groups in total. The minimum atomic E-state index is -0.234. The Balaban J connectivity index is 2.60. The normalized spacial score (nSPS) is 11.7. The van der Waals surface area contributed by atoms with Crippen LogP contribution in [0.4, 0.5) is 0 Å². The van der Waals surface area contributed by atoms with Crippen LogP contribution in [0.1, 0.15) is 12.5 Å². The lowest BCUT2D eigenvalue weighted by Crippen LogP contribution is -2.28. The van der Waals surface area contributed by atoms with Crippen LogP contribution < -0.4 is 0 Å². The van der Waals surface area contributed by atoms with Gasteiger partial charge in [-0.3, -0.25) is 4.79 Å². The van der Waals surface area contributed by atoms with E-state index in [2.05, 4.69) is 0 Å². The number of ether oxygens (including phenoxy) is 1. The molecule has 0 saturated carbocycles. The second kappa shape index (κ2) is 7.09. The van der Waals surface area contributed by atoms with Crippen LogP contribution in [0.15, 0.2) is 24.3 Å². The third-order valence-corrected chi connectivity index (χ3v) is 3.25. The molecule has 0 heterocycles. The third kappa shape index (κ3) is 5.26. The summed E-state index contributed by atoms with van der Waals surface area (Å²) in [6.07, 6.45) is 0.575. The second-order valence-electron chi connectivity index (χ2n) is 4.65. The minimum absolute atomic E-state index is 0.0645. The fourth-order valence-electron chi connectivity index (χ4n) is 1.54. The summed E-state index contributed by atoms with van der Waals surface area (Å²) in [6.45, 7) is 1.82. The van der Waals surface area contributed by atoms with Crippen LogP contribution in [0.25, 0.3) is 0 Å². The number of nitrogens with zero attached hydrogens (tertiary/aromatic N) is 1. The first kappa shape index (κ1) is 15.4. The highest BCUT2D eigenvalue weighted by atomic mass is 32.1. The molecule has 1 aromatic rings. The molecule has 1 aromatic carbocycles. The molecule has 19 heavy (non-hydrogen) atoms. The number of Topliss-reactive ketones (excluding diaryl/α,β-unsaturated/α-hetero) is 1. The number of ketones is 1. The summed E-state index contributed by atoms with van der Waals surface area (Å²) in [5.74, 6) is 0.0465. The number of carbonyl (C=O) groups is 1. The molecule has 1 atom stereocenters. The van der Waals surface area contributed by atoms with Crippen LogP contribution in [0.3, 0.4) is 0 Å². The zero-order valence-electron chi connectivity index (χ0n) is 11.4. The molecule has 5 heteroatoms. The van der Waals surface area contributed by atoms with E-state index in [1.54, 1.807) is 50.2 Å². The maximum Gasteiger partial charge on any atom is 0.258 e. The van der Waals surface area contributed by atoms with Gasteiger partial charge in [-0.2, -0.15) is 0 Å². The number of phenols is 1. The zero-order valence-corrected chi connectivity index (χ0v) is 12.2. The molecule has 1 unspecified atom stereocenters. The Morgan fingerprint density at radius 3 is 2.42 bits per heavy atom. The Hall–Kier alpha value is -1.62. The van der Waals surface area contributed by atoms with E-state index in [1.807, 2.05) is 0 Å². The third-order valence-electron chi connectivity index (χ3n) is 2.77. The van der Waals surface area contributed by atoms with Gasteiger partial charge in [0.2, 0.25) is 0 Å². The van der Waals surface area contributed by atoms with Crippen molar-refractivity contribution >= 4 is 23.2 Å². The van der Waals surface area contributed by atoms with E-state index in [0.717, 1.165) is 5.56 Å². The molecule has 0 amide bonds. The van der Waals surface area contributed by atoms with Crippen molar-refractivity contribution in [3.05, 3.63) is 29.8 Å². The van der Waals surface area contributed by atoms with Gasteiger partial charge in [-0.15, -0.1) is 0 Å². The lowest BCUT2D eigenvalue weighted by atomic mass is 9.97. The van der Waals surface area contributed by atoms with Crippen molar-refractivity contribution < 1.29 is 14.6 Å². The van der Waals surface area contributed by atoms with E-state index in [9.17, 15) is 9.90 Å². The van der Waals surface area contributed by atoms with Gasteiger partial charge in [0.05, 0.1) is 5.92 Å². The Morgan fingerprint density at radius 1 is 1.37 bits per heavy atom. The highest BCUT2D eigenvalue weighted by Gasteiger charge is 2.17. The smallest absolute Gasteiger partial charge is 0.258 e. The summed E-state index contributed by atoms with van der Waals surface area (Å²) in [5.41, 5.74) is 0.984. The first-order valence-corrected chi connectivity index (χ1v) is 6.43. The van der Waals surface area contributed by atoms with Crippen LogP contribution in [-0.4, -0.2) is 41.7 Å². The Kier molecular flexibility index (Phi) is 5.76.